The molecule has 0 amide bonds. The van der Waals surface area contributed by atoms with Crippen LogP contribution in [0.5, 0.6) is 0 Å². The van der Waals surface area contributed by atoms with Crippen LogP contribution in [0.1, 0.15) is 52.9 Å². The molecule has 0 aromatic heterocycles. The molecule has 0 radical (unpaired) electrons. The molecule has 0 aromatic carbocycles. The van der Waals surface area contributed by atoms with E-state index in [1.807, 2.05) is 0 Å². The molecule has 0 heterocycles. The van der Waals surface area contributed by atoms with Gasteiger partial charge in [0, 0.05) is 0 Å². The molecule has 3 aliphatic carbocycles. The molecular formula is C15H26O2. The van der Waals surface area contributed by atoms with Crippen LogP contribution >= 0.6 is 0 Å². The highest BCUT2D eigenvalue weighted by Crippen LogP contribution is 2.73. The Morgan fingerprint density at radius 2 is 1.82 bits per heavy atom. The molecule has 0 aromatic rings. The van der Waals surface area contributed by atoms with E-state index >= 15 is 0 Å². The van der Waals surface area contributed by atoms with Crippen LogP contribution in [0.25, 0.3) is 0 Å². The van der Waals surface area contributed by atoms with Gasteiger partial charge in [0.25, 0.3) is 0 Å². The lowest BCUT2D eigenvalue weighted by atomic mass is 9.64. The van der Waals surface area contributed by atoms with Crippen LogP contribution in [0.3, 0.4) is 0 Å². The molecule has 5 unspecified atom stereocenters. The van der Waals surface area contributed by atoms with Gasteiger partial charge in [0.1, 0.15) is 0 Å². The van der Waals surface area contributed by atoms with Crippen molar-refractivity contribution < 1.29 is 10.2 Å². The van der Waals surface area contributed by atoms with Gasteiger partial charge in [-0.25, -0.2) is 0 Å². The number of aliphatic hydroxyl groups excluding tert-OH is 1. The molecule has 3 fully saturated rings. The van der Waals surface area contributed by atoms with Crippen molar-refractivity contribution in [2.75, 3.05) is 6.61 Å². The van der Waals surface area contributed by atoms with Crippen molar-refractivity contribution in [1.82, 2.24) is 0 Å². The number of rotatable bonds is 1. The molecular weight excluding hydrogens is 212 g/mol. The van der Waals surface area contributed by atoms with Crippen molar-refractivity contribution in [3.05, 3.63) is 0 Å². The zero-order valence-corrected chi connectivity index (χ0v) is 11.4. The number of aliphatic hydroxyl groups is 2. The summed E-state index contributed by atoms with van der Waals surface area (Å²) in [4.78, 5) is 0. The Labute approximate surface area is 104 Å². The maximum Gasteiger partial charge on any atom is 0.0910 e. The van der Waals surface area contributed by atoms with E-state index in [1.54, 1.807) is 0 Å². The molecule has 2 nitrogen and oxygen atoms in total. The van der Waals surface area contributed by atoms with Crippen molar-refractivity contribution in [1.29, 1.82) is 0 Å². The van der Waals surface area contributed by atoms with Crippen molar-refractivity contribution >= 4 is 0 Å². The molecule has 3 aliphatic rings. The van der Waals surface area contributed by atoms with E-state index in [4.69, 9.17) is 0 Å². The van der Waals surface area contributed by atoms with Crippen molar-refractivity contribution in [3.8, 4) is 0 Å². The molecule has 98 valence electrons. The van der Waals surface area contributed by atoms with Gasteiger partial charge in [-0.2, -0.15) is 0 Å². The lowest BCUT2D eigenvalue weighted by Crippen LogP contribution is -2.49. The molecule has 3 saturated carbocycles. The highest BCUT2D eigenvalue weighted by atomic mass is 16.3. The van der Waals surface area contributed by atoms with Gasteiger partial charge in [-0.15, -0.1) is 0 Å². The van der Waals surface area contributed by atoms with E-state index in [2.05, 4.69) is 20.8 Å². The monoisotopic (exact) mass is 238 g/mol. The third kappa shape index (κ3) is 1.24. The second kappa shape index (κ2) is 3.27. The summed E-state index contributed by atoms with van der Waals surface area (Å²) in [5.74, 6) is 1.86. The first-order chi connectivity index (χ1) is 7.87. The third-order valence-electron chi connectivity index (χ3n) is 6.89. The summed E-state index contributed by atoms with van der Waals surface area (Å²) in [5, 5.41) is 20.3. The van der Waals surface area contributed by atoms with E-state index in [9.17, 15) is 10.2 Å². The van der Waals surface area contributed by atoms with Crippen LogP contribution in [-0.2, 0) is 0 Å². The van der Waals surface area contributed by atoms with E-state index in [-0.39, 0.29) is 12.0 Å². The van der Waals surface area contributed by atoms with Gasteiger partial charge in [0.15, 0.2) is 0 Å². The van der Waals surface area contributed by atoms with Crippen molar-refractivity contribution in [2.45, 2.75) is 58.5 Å². The Bertz CT molecular complexity index is 338. The first kappa shape index (κ1) is 12.0. The smallest absolute Gasteiger partial charge is 0.0910 e. The van der Waals surface area contributed by atoms with Crippen molar-refractivity contribution in [3.63, 3.8) is 0 Å². The lowest BCUT2D eigenvalue weighted by Gasteiger charge is -2.45. The van der Waals surface area contributed by atoms with Crippen LogP contribution in [0.2, 0.25) is 0 Å². The van der Waals surface area contributed by atoms with E-state index in [0.717, 1.165) is 31.1 Å². The molecule has 3 rings (SSSR count). The summed E-state index contributed by atoms with van der Waals surface area (Å²) in [6.45, 7) is 7.00. The molecule has 2 heteroatoms. The Hall–Kier alpha value is -0.0800. The minimum Gasteiger partial charge on any atom is -0.393 e. The van der Waals surface area contributed by atoms with Crippen LogP contribution < -0.4 is 0 Å². The first-order valence-corrected chi connectivity index (χ1v) is 7.20. The Morgan fingerprint density at radius 3 is 2.47 bits per heavy atom. The summed E-state index contributed by atoms with van der Waals surface area (Å²) in [6, 6.07) is 0. The van der Waals surface area contributed by atoms with Gasteiger partial charge in [0.05, 0.1) is 12.2 Å². The Balaban J connectivity index is 2.04. The Kier molecular flexibility index (Phi) is 2.30. The zero-order valence-electron chi connectivity index (χ0n) is 11.4. The predicted molar refractivity (Wildman–Crippen MR) is 67.5 cm³/mol. The average Bonchev–Trinajstić information content (AvgIpc) is 2.70. The van der Waals surface area contributed by atoms with Gasteiger partial charge in [0.2, 0.25) is 0 Å². The summed E-state index contributed by atoms with van der Waals surface area (Å²) in [5.41, 5.74) is -0.132. The summed E-state index contributed by atoms with van der Waals surface area (Å²) in [6.07, 6.45) is 5.75. The van der Waals surface area contributed by atoms with Crippen LogP contribution in [0.15, 0.2) is 0 Å². The highest BCUT2D eigenvalue weighted by molar-refractivity contribution is 5.17. The number of hydrogen-bond donors (Lipinski definition) is 2. The summed E-state index contributed by atoms with van der Waals surface area (Å²) >= 11 is 0. The number of fused-ring (bicyclic) bond motifs is 1. The van der Waals surface area contributed by atoms with Crippen LogP contribution in [0.4, 0.5) is 0 Å². The molecule has 2 N–H and O–H groups in total. The first-order valence-electron chi connectivity index (χ1n) is 7.20. The fraction of sp³-hybridized carbons (Fsp3) is 1.00. The van der Waals surface area contributed by atoms with Gasteiger partial charge >= 0.3 is 0 Å². The molecule has 0 saturated heterocycles. The van der Waals surface area contributed by atoms with E-state index in [0.29, 0.717) is 11.3 Å². The molecule has 0 aliphatic heterocycles. The summed E-state index contributed by atoms with van der Waals surface area (Å²) in [7, 11) is 0. The molecule has 5 atom stereocenters. The normalized spacial score (nSPS) is 55.9. The van der Waals surface area contributed by atoms with Gasteiger partial charge in [-0.3, -0.25) is 0 Å². The van der Waals surface area contributed by atoms with Gasteiger partial charge in [-0.1, -0.05) is 20.8 Å². The summed E-state index contributed by atoms with van der Waals surface area (Å²) < 4.78 is 0. The van der Waals surface area contributed by atoms with E-state index < -0.39 is 5.60 Å². The van der Waals surface area contributed by atoms with Gasteiger partial charge < -0.3 is 10.2 Å². The average molecular weight is 238 g/mol. The molecule has 1 spiro atoms. The second-order valence-electron chi connectivity index (χ2n) is 7.60. The second-order valence-corrected chi connectivity index (χ2v) is 7.60. The maximum atomic E-state index is 10.7. The maximum absolute atomic E-state index is 10.7. The quantitative estimate of drug-likeness (QED) is 0.737. The number of hydrogen-bond acceptors (Lipinski definition) is 2. The van der Waals surface area contributed by atoms with Crippen LogP contribution in [-0.4, -0.2) is 22.4 Å². The largest absolute Gasteiger partial charge is 0.393 e. The fourth-order valence-corrected chi connectivity index (χ4v) is 5.90. The van der Waals surface area contributed by atoms with Gasteiger partial charge in [-0.05, 0) is 60.7 Å². The fourth-order valence-electron chi connectivity index (χ4n) is 5.90. The lowest BCUT2D eigenvalue weighted by molar-refractivity contribution is -0.115. The topological polar surface area (TPSA) is 40.5 Å². The molecule has 2 bridgehead atoms. The van der Waals surface area contributed by atoms with Crippen molar-refractivity contribution in [2.24, 2.45) is 28.6 Å². The standard InChI is InChI=1S/C15H26O2/c1-10-4-5-11-13(2,3)12-8-14(10,11)6-7-15(12,17)9-16/h10-12,16-17H,4-9H2,1-3H3. The van der Waals surface area contributed by atoms with Crippen LogP contribution in [0, 0.1) is 28.6 Å². The zero-order chi connectivity index (χ0) is 12.5. The Morgan fingerprint density at radius 1 is 1.12 bits per heavy atom. The molecule has 17 heavy (non-hydrogen) atoms. The highest BCUT2D eigenvalue weighted by Gasteiger charge is 2.68. The minimum atomic E-state index is -0.807. The SMILES string of the molecule is CC1CCC2C(C)(C)C3CC12CCC3(O)CO. The minimum absolute atomic E-state index is 0.0573. The van der Waals surface area contributed by atoms with E-state index in [1.165, 1.54) is 12.8 Å². The predicted octanol–water partition coefficient (Wildman–Crippen LogP) is 2.58. The third-order valence-corrected chi connectivity index (χ3v) is 6.89.